The quantitative estimate of drug-likeness (QED) is 0.404. The maximum absolute atomic E-state index is 6.09. The number of aliphatic imine (C=N–C) groups is 1. The summed E-state index contributed by atoms with van der Waals surface area (Å²) in [5.41, 5.74) is 1.02. The molecule has 3 heterocycles. The highest BCUT2D eigenvalue weighted by molar-refractivity contribution is 14.0. The van der Waals surface area contributed by atoms with Gasteiger partial charge >= 0.3 is 0 Å². The molecule has 1 N–H and O–H groups in total. The summed E-state index contributed by atoms with van der Waals surface area (Å²) in [5, 5.41) is 3.41. The first-order valence-electron chi connectivity index (χ1n) is 9.44. The van der Waals surface area contributed by atoms with E-state index in [9.17, 15) is 0 Å². The monoisotopic (exact) mass is 474 g/mol. The molecule has 1 aromatic rings. The number of nitrogens with one attached hydrogen (secondary N) is 1. The van der Waals surface area contributed by atoms with Crippen LogP contribution in [0.1, 0.15) is 37.8 Å². The average molecular weight is 474 g/mol. The molecule has 1 atom stereocenters. The fraction of sp³-hybridized carbons (Fsp3) is 0.684. The molecule has 1 unspecified atom stereocenters. The summed E-state index contributed by atoms with van der Waals surface area (Å²) < 4.78 is 11.8. The summed E-state index contributed by atoms with van der Waals surface area (Å²) in [6.45, 7) is 4.28. The van der Waals surface area contributed by atoms with Crippen LogP contribution >= 0.6 is 24.0 Å². The smallest absolute Gasteiger partial charge is 0.193 e. The number of ether oxygens (including phenoxy) is 2. The number of nitrogens with zero attached hydrogens (tertiary/aromatic N) is 3. The Hall–Kier alpha value is -0.930. The van der Waals surface area contributed by atoms with Crippen LogP contribution in [0.5, 0.6) is 0 Å². The Morgan fingerprint density at radius 3 is 2.81 bits per heavy atom. The molecule has 26 heavy (non-hydrogen) atoms. The molecule has 2 aliphatic rings. The molecule has 2 saturated heterocycles. The van der Waals surface area contributed by atoms with Crippen molar-refractivity contribution < 1.29 is 9.47 Å². The summed E-state index contributed by atoms with van der Waals surface area (Å²) in [5.74, 6) is 0.944. The van der Waals surface area contributed by atoms with Crippen molar-refractivity contribution in [2.24, 2.45) is 4.99 Å². The van der Waals surface area contributed by atoms with E-state index in [1.807, 2.05) is 31.4 Å². The van der Waals surface area contributed by atoms with Crippen LogP contribution in [-0.4, -0.2) is 61.4 Å². The molecular formula is C19H31IN4O2. The van der Waals surface area contributed by atoms with Crippen molar-refractivity contribution >= 4 is 29.9 Å². The predicted molar refractivity (Wildman–Crippen MR) is 114 cm³/mol. The third kappa shape index (κ3) is 6.66. The number of halogens is 1. The topological polar surface area (TPSA) is 59.0 Å². The van der Waals surface area contributed by atoms with Crippen molar-refractivity contribution in [1.82, 2.24) is 15.2 Å². The van der Waals surface area contributed by atoms with Gasteiger partial charge in [-0.1, -0.05) is 6.07 Å². The summed E-state index contributed by atoms with van der Waals surface area (Å²) in [6, 6.07) is 5.96. The molecular weight excluding hydrogens is 443 g/mol. The van der Waals surface area contributed by atoms with Crippen LogP contribution < -0.4 is 5.32 Å². The molecule has 1 aromatic heterocycles. The second-order valence-corrected chi connectivity index (χ2v) is 6.73. The van der Waals surface area contributed by atoms with Crippen molar-refractivity contribution in [1.29, 1.82) is 0 Å². The van der Waals surface area contributed by atoms with E-state index < -0.39 is 0 Å². The van der Waals surface area contributed by atoms with E-state index in [0.717, 1.165) is 57.2 Å². The third-order valence-corrected chi connectivity index (χ3v) is 4.90. The Bertz CT molecular complexity index is 530. The normalized spacial score (nSPS) is 22.0. The first-order chi connectivity index (χ1) is 12.3. The first-order valence-corrected chi connectivity index (χ1v) is 9.44. The SMILES string of the molecule is CN=C(NCc1ccccn1)N1CCC(OCC2CCCCO2)CC1.I. The van der Waals surface area contributed by atoms with Crippen molar-refractivity contribution in [3.05, 3.63) is 30.1 Å². The number of pyridine rings is 1. The minimum absolute atomic E-state index is 0. The minimum atomic E-state index is 0. The molecule has 146 valence electrons. The number of likely N-dealkylation sites (tertiary alicyclic amines) is 1. The number of hydrogen-bond acceptors (Lipinski definition) is 4. The van der Waals surface area contributed by atoms with E-state index in [-0.39, 0.29) is 24.0 Å². The highest BCUT2D eigenvalue weighted by atomic mass is 127. The average Bonchev–Trinajstić information content (AvgIpc) is 2.69. The van der Waals surface area contributed by atoms with Crippen molar-refractivity contribution in [2.75, 3.05) is 33.4 Å². The van der Waals surface area contributed by atoms with E-state index in [0.29, 0.717) is 18.8 Å². The van der Waals surface area contributed by atoms with E-state index in [1.165, 1.54) is 12.8 Å². The second-order valence-electron chi connectivity index (χ2n) is 6.73. The molecule has 0 aromatic carbocycles. The van der Waals surface area contributed by atoms with Crippen LogP contribution in [0.2, 0.25) is 0 Å². The highest BCUT2D eigenvalue weighted by Gasteiger charge is 2.23. The van der Waals surface area contributed by atoms with Crippen molar-refractivity contribution in [3.63, 3.8) is 0 Å². The van der Waals surface area contributed by atoms with E-state index in [2.05, 4.69) is 20.2 Å². The molecule has 2 aliphatic heterocycles. The van der Waals surface area contributed by atoms with Gasteiger partial charge in [0.1, 0.15) is 0 Å². The van der Waals surface area contributed by atoms with Crippen LogP contribution in [0.15, 0.2) is 29.4 Å². The van der Waals surface area contributed by atoms with Gasteiger partial charge in [0.15, 0.2) is 5.96 Å². The van der Waals surface area contributed by atoms with E-state index in [1.54, 1.807) is 0 Å². The largest absolute Gasteiger partial charge is 0.376 e. The van der Waals surface area contributed by atoms with Crippen LogP contribution in [0.3, 0.4) is 0 Å². The zero-order valence-corrected chi connectivity index (χ0v) is 17.9. The maximum Gasteiger partial charge on any atom is 0.193 e. The van der Waals surface area contributed by atoms with E-state index >= 15 is 0 Å². The van der Waals surface area contributed by atoms with Gasteiger partial charge in [-0.3, -0.25) is 9.98 Å². The zero-order chi connectivity index (χ0) is 17.3. The van der Waals surface area contributed by atoms with Crippen LogP contribution in [0.25, 0.3) is 0 Å². The first kappa shape index (κ1) is 21.4. The Morgan fingerprint density at radius 2 is 2.15 bits per heavy atom. The Kier molecular flexibility index (Phi) is 9.63. The second kappa shape index (κ2) is 11.7. The van der Waals surface area contributed by atoms with Gasteiger partial charge < -0.3 is 19.7 Å². The van der Waals surface area contributed by atoms with Gasteiger partial charge in [0.05, 0.1) is 31.1 Å². The number of piperidine rings is 1. The van der Waals surface area contributed by atoms with Gasteiger partial charge in [0, 0.05) is 32.9 Å². The molecule has 0 bridgehead atoms. The summed E-state index contributed by atoms with van der Waals surface area (Å²) in [7, 11) is 1.84. The number of hydrogen-bond donors (Lipinski definition) is 1. The molecule has 3 rings (SSSR count). The molecule has 0 aliphatic carbocycles. The van der Waals surface area contributed by atoms with Gasteiger partial charge in [0.2, 0.25) is 0 Å². The minimum Gasteiger partial charge on any atom is -0.376 e. The maximum atomic E-state index is 6.09. The van der Waals surface area contributed by atoms with Crippen molar-refractivity contribution in [2.45, 2.75) is 50.9 Å². The molecule has 0 saturated carbocycles. The van der Waals surface area contributed by atoms with Gasteiger partial charge in [-0.05, 0) is 44.2 Å². The van der Waals surface area contributed by atoms with Crippen LogP contribution in [0, 0.1) is 0 Å². The molecule has 2 fully saturated rings. The summed E-state index contributed by atoms with van der Waals surface area (Å²) in [6.07, 6.45) is 8.15. The standard InChI is InChI=1S/C19H30N4O2.HI/c1-20-19(22-14-16-6-2-4-10-21-16)23-11-8-17(9-12-23)25-15-18-7-3-5-13-24-18;/h2,4,6,10,17-18H,3,5,7-9,11-15H2,1H3,(H,20,22);1H. The number of rotatable bonds is 5. The third-order valence-electron chi connectivity index (χ3n) is 4.90. The molecule has 0 amide bonds. The van der Waals surface area contributed by atoms with E-state index in [4.69, 9.17) is 9.47 Å². The van der Waals surface area contributed by atoms with Gasteiger partial charge in [-0.25, -0.2) is 0 Å². The lowest BCUT2D eigenvalue weighted by Gasteiger charge is -2.35. The lowest BCUT2D eigenvalue weighted by atomic mass is 10.1. The Labute approximate surface area is 173 Å². The molecule has 0 radical (unpaired) electrons. The number of aromatic nitrogens is 1. The van der Waals surface area contributed by atoms with Crippen LogP contribution in [-0.2, 0) is 16.0 Å². The van der Waals surface area contributed by atoms with Crippen LogP contribution in [0.4, 0.5) is 0 Å². The van der Waals surface area contributed by atoms with Gasteiger partial charge in [0.25, 0.3) is 0 Å². The van der Waals surface area contributed by atoms with Gasteiger partial charge in [-0.2, -0.15) is 0 Å². The summed E-state index contributed by atoms with van der Waals surface area (Å²) >= 11 is 0. The summed E-state index contributed by atoms with van der Waals surface area (Å²) in [4.78, 5) is 11.1. The molecule has 6 nitrogen and oxygen atoms in total. The zero-order valence-electron chi connectivity index (χ0n) is 15.6. The molecule has 7 heteroatoms. The Balaban J connectivity index is 0.00000243. The number of guanidine groups is 1. The predicted octanol–water partition coefficient (Wildman–Crippen LogP) is 2.83. The fourth-order valence-corrected chi connectivity index (χ4v) is 3.42. The fourth-order valence-electron chi connectivity index (χ4n) is 3.42. The molecule has 0 spiro atoms. The lowest BCUT2D eigenvalue weighted by molar-refractivity contribution is -0.0721. The lowest BCUT2D eigenvalue weighted by Crippen LogP contribution is -2.47. The van der Waals surface area contributed by atoms with Crippen molar-refractivity contribution in [3.8, 4) is 0 Å². The van der Waals surface area contributed by atoms with Gasteiger partial charge in [-0.15, -0.1) is 24.0 Å². The highest BCUT2D eigenvalue weighted by Crippen LogP contribution is 2.18. The Morgan fingerprint density at radius 1 is 1.31 bits per heavy atom.